The highest BCUT2D eigenvalue weighted by atomic mass is 15.2. The number of aromatic nitrogens is 5. The molecular formula is C49H31N5. The van der Waals surface area contributed by atoms with Gasteiger partial charge >= 0.3 is 0 Å². The molecular weight excluding hydrogens is 659 g/mol. The second-order valence-electron chi connectivity index (χ2n) is 13.7. The summed E-state index contributed by atoms with van der Waals surface area (Å²) in [6.07, 6.45) is 0. The molecule has 0 bridgehead atoms. The molecule has 0 saturated heterocycles. The predicted molar refractivity (Wildman–Crippen MR) is 222 cm³/mol. The van der Waals surface area contributed by atoms with E-state index in [1.165, 1.54) is 10.8 Å². The van der Waals surface area contributed by atoms with Crippen LogP contribution >= 0.6 is 0 Å². The Balaban J connectivity index is 1.08. The van der Waals surface area contributed by atoms with E-state index in [1.807, 2.05) is 24.3 Å². The molecule has 4 aromatic heterocycles. The van der Waals surface area contributed by atoms with Gasteiger partial charge in [-0.05, 0) is 70.8 Å². The molecule has 0 amide bonds. The molecule has 4 heterocycles. The van der Waals surface area contributed by atoms with E-state index in [4.69, 9.17) is 15.0 Å². The monoisotopic (exact) mass is 689 g/mol. The average molecular weight is 690 g/mol. The van der Waals surface area contributed by atoms with Crippen LogP contribution in [0, 0.1) is 0 Å². The van der Waals surface area contributed by atoms with E-state index in [1.54, 1.807) is 0 Å². The van der Waals surface area contributed by atoms with Gasteiger partial charge in [0.05, 0.1) is 39.0 Å². The van der Waals surface area contributed by atoms with Crippen molar-refractivity contribution in [2.24, 2.45) is 0 Å². The Hall–Kier alpha value is -7.37. The molecule has 11 aromatic rings. The van der Waals surface area contributed by atoms with Crippen molar-refractivity contribution in [3.05, 3.63) is 188 Å². The van der Waals surface area contributed by atoms with Gasteiger partial charge in [-0.25, -0.2) is 15.0 Å². The topological polar surface area (TPSA) is 48.0 Å². The zero-order valence-corrected chi connectivity index (χ0v) is 29.1. The number of hydrogen-bond acceptors (Lipinski definition) is 3. The predicted octanol–water partition coefficient (Wildman–Crippen LogP) is 12.2. The largest absolute Gasteiger partial charge is 0.279 e. The summed E-state index contributed by atoms with van der Waals surface area (Å²) in [6, 6.07) is 66.1. The van der Waals surface area contributed by atoms with Crippen LogP contribution in [0.4, 0.5) is 0 Å². The lowest BCUT2D eigenvalue weighted by Gasteiger charge is -2.13. The fourth-order valence-electron chi connectivity index (χ4n) is 7.91. The molecule has 7 aromatic carbocycles. The Labute approximate surface area is 311 Å². The first-order valence-corrected chi connectivity index (χ1v) is 18.2. The Kier molecular flexibility index (Phi) is 6.79. The lowest BCUT2D eigenvalue weighted by atomic mass is 9.97. The number of hydrogen-bond donors (Lipinski definition) is 0. The lowest BCUT2D eigenvalue weighted by Crippen LogP contribution is -2.06. The van der Waals surface area contributed by atoms with E-state index >= 15 is 0 Å². The van der Waals surface area contributed by atoms with E-state index in [0.29, 0.717) is 0 Å². The van der Waals surface area contributed by atoms with Gasteiger partial charge in [-0.15, -0.1) is 0 Å². The molecule has 0 unspecified atom stereocenters. The van der Waals surface area contributed by atoms with Crippen molar-refractivity contribution in [1.82, 2.24) is 23.9 Å². The van der Waals surface area contributed by atoms with Gasteiger partial charge in [0.2, 0.25) is 5.95 Å². The van der Waals surface area contributed by atoms with Crippen LogP contribution in [-0.2, 0) is 0 Å². The van der Waals surface area contributed by atoms with Crippen LogP contribution in [0.2, 0.25) is 0 Å². The number of rotatable bonds is 5. The molecule has 5 nitrogen and oxygen atoms in total. The molecule has 252 valence electrons. The van der Waals surface area contributed by atoms with Crippen molar-refractivity contribution in [3.63, 3.8) is 0 Å². The minimum absolute atomic E-state index is 0.817. The summed E-state index contributed by atoms with van der Waals surface area (Å²) in [5.41, 5.74) is 14.6. The Morgan fingerprint density at radius 2 is 0.852 bits per heavy atom. The second-order valence-corrected chi connectivity index (χ2v) is 13.7. The summed E-state index contributed by atoms with van der Waals surface area (Å²) < 4.78 is 4.52. The molecule has 0 spiro atoms. The minimum Gasteiger partial charge on any atom is -0.279 e. The summed E-state index contributed by atoms with van der Waals surface area (Å²) in [7, 11) is 0. The third-order valence-corrected chi connectivity index (χ3v) is 10.5. The molecule has 0 N–H and O–H groups in total. The van der Waals surface area contributed by atoms with Gasteiger partial charge in [0.1, 0.15) is 5.65 Å². The summed E-state index contributed by atoms with van der Waals surface area (Å²) in [5, 5.41) is 3.39. The van der Waals surface area contributed by atoms with E-state index in [0.717, 1.165) is 89.3 Å². The van der Waals surface area contributed by atoms with Crippen molar-refractivity contribution in [1.29, 1.82) is 0 Å². The SMILES string of the molecule is c1ccc(-c2cc(-c3ccc(-c4ccc5c6ccccc6n(-c6nc7ccccc7c7nc8ccccc8n67)c5c4)cc3)cc(-c3ccccc3)n2)cc1. The van der Waals surface area contributed by atoms with Gasteiger partial charge in [-0.1, -0.05) is 140 Å². The first-order chi connectivity index (χ1) is 26.8. The van der Waals surface area contributed by atoms with E-state index in [9.17, 15) is 0 Å². The van der Waals surface area contributed by atoms with Crippen LogP contribution in [0.1, 0.15) is 0 Å². The van der Waals surface area contributed by atoms with Crippen LogP contribution in [0.15, 0.2) is 188 Å². The van der Waals surface area contributed by atoms with Gasteiger partial charge < -0.3 is 0 Å². The van der Waals surface area contributed by atoms with E-state index < -0.39 is 0 Å². The minimum atomic E-state index is 0.817. The maximum atomic E-state index is 5.35. The Morgan fingerprint density at radius 1 is 0.315 bits per heavy atom. The maximum Gasteiger partial charge on any atom is 0.221 e. The van der Waals surface area contributed by atoms with Gasteiger partial charge in [0, 0.05) is 27.3 Å². The Morgan fingerprint density at radius 3 is 1.56 bits per heavy atom. The van der Waals surface area contributed by atoms with Crippen LogP contribution in [-0.4, -0.2) is 23.9 Å². The molecule has 0 atom stereocenters. The van der Waals surface area contributed by atoms with Crippen LogP contribution in [0.25, 0.3) is 100 Å². The normalized spacial score (nSPS) is 11.7. The number of para-hydroxylation sites is 4. The molecule has 0 aliphatic rings. The highest BCUT2D eigenvalue weighted by molar-refractivity contribution is 6.10. The van der Waals surface area contributed by atoms with Crippen LogP contribution in [0.3, 0.4) is 0 Å². The van der Waals surface area contributed by atoms with Crippen molar-refractivity contribution < 1.29 is 0 Å². The first-order valence-electron chi connectivity index (χ1n) is 18.2. The maximum absolute atomic E-state index is 5.35. The van der Waals surface area contributed by atoms with Crippen molar-refractivity contribution in [2.75, 3.05) is 0 Å². The van der Waals surface area contributed by atoms with Crippen LogP contribution < -0.4 is 0 Å². The van der Waals surface area contributed by atoms with Gasteiger partial charge in [0.15, 0.2) is 0 Å². The standard InChI is InChI=1S/C49H31N5/c1-3-13-34(14-4-1)43-29-37(30-44(50-43)35-15-5-2-6-16-35)33-25-23-32(24-26-33)36-27-28-39-38-17-8-11-21-45(38)53(47(39)31-36)49-52-41-19-9-7-18-40(41)48-51-42-20-10-12-22-46(42)54(48)49/h1-31H. The molecule has 54 heavy (non-hydrogen) atoms. The van der Waals surface area contributed by atoms with Gasteiger partial charge in [-0.3, -0.25) is 8.97 Å². The van der Waals surface area contributed by atoms with Crippen molar-refractivity contribution in [3.8, 4) is 50.7 Å². The van der Waals surface area contributed by atoms with Crippen LogP contribution in [0.5, 0.6) is 0 Å². The molecule has 0 aliphatic carbocycles. The van der Waals surface area contributed by atoms with Gasteiger partial charge in [0.25, 0.3) is 0 Å². The molecule has 5 heteroatoms. The highest BCUT2D eigenvalue weighted by Crippen LogP contribution is 2.37. The van der Waals surface area contributed by atoms with Gasteiger partial charge in [-0.2, -0.15) is 0 Å². The molecule has 11 rings (SSSR count). The third kappa shape index (κ3) is 4.83. The zero-order valence-electron chi connectivity index (χ0n) is 29.1. The van der Waals surface area contributed by atoms with Crippen molar-refractivity contribution in [2.45, 2.75) is 0 Å². The molecule has 0 aliphatic heterocycles. The fourth-order valence-corrected chi connectivity index (χ4v) is 7.91. The number of nitrogens with zero attached hydrogens (tertiary/aromatic N) is 5. The lowest BCUT2D eigenvalue weighted by molar-refractivity contribution is 0.979. The number of fused-ring (bicyclic) bond motifs is 8. The number of imidazole rings is 1. The molecule has 0 saturated carbocycles. The molecule has 0 radical (unpaired) electrons. The summed E-state index contributed by atoms with van der Waals surface area (Å²) >= 11 is 0. The van der Waals surface area contributed by atoms with E-state index in [2.05, 4.69) is 173 Å². The second kappa shape index (κ2) is 12.1. The fraction of sp³-hybridized carbons (Fsp3) is 0. The zero-order chi connectivity index (χ0) is 35.6. The summed E-state index contributed by atoms with van der Waals surface area (Å²) in [5.74, 6) is 0.817. The highest BCUT2D eigenvalue weighted by Gasteiger charge is 2.20. The average Bonchev–Trinajstić information content (AvgIpc) is 3.80. The van der Waals surface area contributed by atoms with Crippen molar-refractivity contribution >= 4 is 49.4 Å². The summed E-state index contributed by atoms with van der Waals surface area (Å²) in [4.78, 5) is 15.6. The quantitative estimate of drug-likeness (QED) is 0.181. The molecule has 0 fully saturated rings. The smallest absolute Gasteiger partial charge is 0.221 e. The number of benzene rings is 7. The number of pyridine rings is 1. The Bertz CT molecular complexity index is 3140. The van der Waals surface area contributed by atoms with E-state index in [-0.39, 0.29) is 0 Å². The summed E-state index contributed by atoms with van der Waals surface area (Å²) in [6.45, 7) is 0. The third-order valence-electron chi connectivity index (χ3n) is 10.5. The first kappa shape index (κ1) is 30.3.